The molecule has 0 aromatic rings. The molecule has 0 saturated carbocycles. The molecule has 18 heteroatoms. The maximum atomic E-state index is 13.1. The number of aliphatic hydroxyl groups is 2. The van der Waals surface area contributed by atoms with Gasteiger partial charge in [0.1, 0.15) is 25.4 Å². The first-order valence-electron chi connectivity index (χ1n) is 48.8. The van der Waals surface area contributed by atoms with Gasteiger partial charge >= 0.3 is 33.6 Å². The van der Waals surface area contributed by atoms with Crippen LogP contribution >= 0.6 is 15.6 Å². The van der Waals surface area contributed by atoms with E-state index in [0.29, 0.717) is 19.3 Å². The van der Waals surface area contributed by atoms with Gasteiger partial charge < -0.3 is 34.2 Å². The molecule has 0 bridgehead atoms. The first-order valence-corrected chi connectivity index (χ1v) is 51.8. The summed E-state index contributed by atoms with van der Waals surface area (Å²) in [4.78, 5) is 59.1. The third-order valence-corrected chi connectivity index (χ3v) is 22.6. The number of rotatable bonds is 92. The van der Waals surface area contributed by atoms with Gasteiger partial charge in [-0.15, -0.1) is 0 Å². The highest BCUT2D eigenvalue weighted by atomic mass is 31.2. The van der Waals surface area contributed by atoms with Gasteiger partial charge in [0.25, 0.3) is 0 Å². The van der Waals surface area contributed by atoms with Crippen LogP contribution in [0.1, 0.15) is 419 Å². The summed E-state index contributed by atoms with van der Waals surface area (Å²) >= 11 is 0. The van der Waals surface area contributed by atoms with Crippen LogP contribution in [0.2, 0.25) is 0 Å². The Morgan fingerprint density at radius 2 is 0.438 bits per heavy atom. The van der Waals surface area contributed by atoms with Crippen molar-refractivity contribution in [2.24, 2.45) is 0 Å². The molecule has 0 spiro atoms. The number of phosphoric acid groups is 2. The van der Waals surface area contributed by atoms with Crippen molar-refractivity contribution in [2.45, 2.75) is 437 Å². The largest absolute Gasteiger partial charge is 0.472 e. The fourth-order valence-corrected chi connectivity index (χ4v) is 14.9. The van der Waals surface area contributed by atoms with Crippen molar-refractivity contribution in [3.8, 4) is 0 Å². The minimum Gasteiger partial charge on any atom is -0.463 e. The van der Waals surface area contributed by atoms with Gasteiger partial charge in [0.15, 0.2) is 6.10 Å². The number of esters is 3. The van der Waals surface area contributed by atoms with Crippen molar-refractivity contribution in [1.29, 1.82) is 0 Å². The Kier molecular flexibility index (Phi) is 90.5. The number of allylic oxidation sites excluding steroid dienone is 26. The fourth-order valence-electron chi connectivity index (χ4n) is 13.3. The predicted octanol–water partition coefficient (Wildman–Crippen LogP) is 30.5. The lowest BCUT2D eigenvalue weighted by molar-refractivity contribution is -0.161. The molecular weight excluding hydrogens is 1560 g/mol. The second-order valence-electron chi connectivity index (χ2n) is 32.5. The molecule has 0 aliphatic carbocycles. The van der Waals surface area contributed by atoms with Gasteiger partial charge in [0.05, 0.1) is 26.4 Å². The Labute approximate surface area is 740 Å². The predicted molar refractivity (Wildman–Crippen MR) is 509 cm³/mol. The molecule has 0 aliphatic rings. The number of aliphatic hydroxyl groups excluding tert-OH is 2. The van der Waals surface area contributed by atoms with Gasteiger partial charge in [-0.05, 0) is 154 Å². The Balaban J connectivity index is 4.62. The average Bonchev–Trinajstić information content (AvgIpc) is 0.943. The van der Waals surface area contributed by atoms with E-state index in [9.17, 15) is 43.5 Å². The lowest BCUT2D eigenvalue weighted by atomic mass is 10.0. The van der Waals surface area contributed by atoms with Crippen LogP contribution in [-0.2, 0) is 55.8 Å². The maximum absolute atomic E-state index is 13.1. The third kappa shape index (κ3) is 95.7. The summed E-state index contributed by atoms with van der Waals surface area (Å²) in [5.74, 6) is -1.57. The molecule has 0 saturated heterocycles. The average molecular weight is 1730 g/mol. The molecule has 4 N–H and O–H groups in total. The van der Waals surface area contributed by atoms with Crippen LogP contribution in [0.3, 0.4) is 0 Å². The summed E-state index contributed by atoms with van der Waals surface area (Å²) in [6.45, 7) is 2.57. The van der Waals surface area contributed by atoms with Crippen LogP contribution in [0.25, 0.3) is 0 Å². The fraction of sp³-hybridized carbons (Fsp3) is 0.718. The van der Waals surface area contributed by atoms with Crippen molar-refractivity contribution < 1.29 is 75.8 Å². The van der Waals surface area contributed by atoms with Gasteiger partial charge in [-0.2, -0.15) is 0 Å². The summed E-state index contributed by atoms with van der Waals surface area (Å²) in [5.41, 5.74) is 0. The number of hydrogen-bond donors (Lipinski definition) is 4. The highest BCUT2D eigenvalue weighted by Gasteiger charge is 2.30. The van der Waals surface area contributed by atoms with Crippen molar-refractivity contribution in [3.63, 3.8) is 0 Å². The van der Waals surface area contributed by atoms with Crippen molar-refractivity contribution >= 4 is 33.6 Å². The summed E-state index contributed by atoms with van der Waals surface area (Å²) in [6.07, 6.45) is 121. The molecule has 0 aromatic carbocycles. The topological polar surface area (TPSA) is 231 Å². The van der Waals surface area contributed by atoms with E-state index in [2.05, 4.69) is 179 Å². The number of ether oxygens (including phenoxy) is 3. The molecule has 0 amide bonds. The third-order valence-electron chi connectivity index (χ3n) is 20.7. The van der Waals surface area contributed by atoms with Crippen LogP contribution in [0.5, 0.6) is 0 Å². The molecule has 0 aromatic heterocycles. The van der Waals surface area contributed by atoms with E-state index in [1.165, 1.54) is 205 Å². The quantitative estimate of drug-likeness (QED) is 0.0146. The molecule has 121 heavy (non-hydrogen) atoms. The van der Waals surface area contributed by atoms with Gasteiger partial charge in [0.2, 0.25) is 0 Å². The molecule has 0 fully saturated rings. The van der Waals surface area contributed by atoms with Crippen molar-refractivity contribution in [1.82, 2.24) is 0 Å². The molecule has 0 rings (SSSR count). The zero-order chi connectivity index (χ0) is 87.9. The highest BCUT2D eigenvalue weighted by Crippen LogP contribution is 2.45. The molecule has 0 aliphatic heterocycles. The minimum atomic E-state index is -4.95. The van der Waals surface area contributed by atoms with Gasteiger partial charge in [-0.25, -0.2) is 9.13 Å². The minimum absolute atomic E-state index is 0.0936. The lowest BCUT2D eigenvalue weighted by Crippen LogP contribution is -2.30. The molecule has 5 unspecified atom stereocenters. The Morgan fingerprint density at radius 3 is 0.694 bits per heavy atom. The van der Waals surface area contributed by atoms with E-state index >= 15 is 0 Å². The normalized spacial score (nSPS) is 14.4. The molecular formula is C103H178O16P2. The summed E-state index contributed by atoms with van der Waals surface area (Å²) in [5, 5.41) is 20.8. The smallest absolute Gasteiger partial charge is 0.463 e. The van der Waals surface area contributed by atoms with Crippen LogP contribution in [0.15, 0.2) is 158 Å². The SMILES string of the molecule is CC/C=C\C/C=C\C/C=C\C/C=C\C/C=C\CCCCCCCCCCCC(=O)OC(COC(=O)CCCCCCCCCCCCCCC/C=C\C/C=C\C/C=C\C/C=C\CCCCC)COP(=O)(O)OCC(O)COP(=O)(O)OCC(O)COC(=O)CCCCCCCCCCCCCCCCC/C=C\C/C=C\C/C=C\C/C=C\CCCCC. The number of unbranched alkanes of at least 4 members (excludes halogenated alkanes) is 43. The van der Waals surface area contributed by atoms with Crippen LogP contribution in [0, 0.1) is 0 Å². The van der Waals surface area contributed by atoms with Crippen LogP contribution < -0.4 is 0 Å². The Hall–Kier alpha value is -4.83. The van der Waals surface area contributed by atoms with E-state index < -0.39 is 91.5 Å². The monoisotopic (exact) mass is 1730 g/mol. The second-order valence-corrected chi connectivity index (χ2v) is 35.4. The zero-order valence-electron chi connectivity index (χ0n) is 76.9. The maximum Gasteiger partial charge on any atom is 0.472 e. The second kappa shape index (κ2) is 94.3. The van der Waals surface area contributed by atoms with Gasteiger partial charge in [-0.3, -0.25) is 32.5 Å². The Morgan fingerprint density at radius 1 is 0.240 bits per heavy atom. The standard InChI is InChI=1S/C103H178O16P2/c1-4-7-10-13-16-19-22-25-28-31-34-37-40-43-45-47-48-50-52-54-56-59-62-65-68-71-74-77-80-83-86-89-101(106)113-92-98(104)93-115-120(109,110)116-94-99(105)95-117-121(111,112)118-97-100(119-103(108)91-88-85-82-79-76-73-70-67-64-61-58-53-42-39-36-33-30-27-24-21-18-15-12-9-6-3)96-114-102(107)90-87-84-81-78-75-72-69-66-63-60-57-55-51-49-46-44-41-38-35-32-29-26-23-20-17-14-11-8-5-2/h9,12,16-21,25-30,34-39,43-46,53,58,98-100,104-105H,4-8,10-11,13-15,22-24,31-33,40-42,47-52,54-57,59-97H2,1-3H3,(H,109,110)(H,111,112)/b12-9-,19-16-,20-17-,21-18-,28-25-,29-26-,30-27-,37-34-,38-35-,39-36-,45-43-,46-44-,58-53-. The first kappa shape index (κ1) is 116. The zero-order valence-corrected chi connectivity index (χ0v) is 78.7. The number of carbonyl (C=O) groups excluding carboxylic acids is 3. The number of hydrogen-bond acceptors (Lipinski definition) is 14. The summed E-state index contributed by atoms with van der Waals surface area (Å²) in [7, 11) is -9.82. The van der Waals surface area contributed by atoms with Gasteiger partial charge in [0, 0.05) is 19.3 Å². The summed E-state index contributed by atoms with van der Waals surface area (Å²) in [6, 6.07) is 0. The van der Waals surface area contributed by atoms with Crippen molar-refractivity contribution in [3.05, 3.63) is 158 Å². The van der Waals surface area contributed by atoms with E-state index in [1.807, 2.05) is 0 Å². The van der Waals surface area contributed by atoms with E-state index in [0.717, 1.165) is 154 Å². The molecule has 0 heterocycles. The highest BCUT2D eigenvalue weighted by molar-refractivity contribution is 7.47. The first-order chi connectivity index (χ1) is 59.2. The number of phosphoric ester groups is 2. The van der Waals surface area contributed by atoms with Crippen molar-refractivity contribution in [2.75, 3.05) is 39.6 Å². The molecule has 696 valence electrons. The van der Waals surface area contributed by atoms with E-state index in [1.54, 1.807) is 0 Å². The van der Waals surface area contributed by atoms with E-state index in [-0.39, 0.29) is 19.3 Å². The summed E-state index contributed by atoms with van der Waals surface area (Å²) < 4.78 is 61.6. The van der Waals surface area contributed by atoms with Gasteiger partial charge in [-0.1, -0.05) is 403 Å². The van der Waals surface area contributed by atoms with Crippen LogP contribution in [-0.4, -0.2) is 95.9 Å². The Bertz CT molecular complexity index is 2830. The number of carbonyl (C=O) groups is 3. The molecule has 5 atom stereocenters. The van der Waals surface area contributed by atoms with Crippen LogP contribution in [0.4, 0.5) is 0 Å². The molecule has 16 nitrogen and oxygen atoms in total. The molecule has 0 radical (unpaired) electrons. The van der Waals surface area contributed by atoms with E-state index in [4.69, 9.17) is 32.3 Å². The lowest BCUT2D eigenvalue weighted by Gasteiger charge is -2.21.